The largest absolute Gasteiger partial charge is 0.477 e. The first-order chi connectivity index (χ1) is 14.6. The van der Waals surface area contributed by atoms with Crippen LogP contribution in [0.5, 0.6) is 5.75 Å². The number of pyridine rings is 2. The molecule has 2 aromatic heterocycles. The van der Waals surface area contributed by atoms with Gasteiger partial charge >= 0.3 is 0 Å². The van der Waals surface area contributed by atoms with Gasteiger partial charge in [0.25, 0.3) is 11.8 Å². The molecule has 0 radical (unpaired) electrons. The van der Waals surface area contributed by atoms with Crippen LogP contribution in [-0.2, 0) is 11.3 Å². The number of fused-ring (bicyclic) bond motifs is 1. The van der Waals surface area contributed by atoms with Gasteiger partial charge in [-0.2, -0.15) is 0 Å². The molecule has 158 valence electrons. The van der Waals surface area contributed by atoms with Crippen LogP contribution >= 0.6 is 0 Å². The SMILES string of the molecule is CCC1Oc2cnc(CN3CCN(c4ccc(C(=O)NC)nc4)CC3)cc2NC1=O. The van der Waals surface area contributed by atoms with Crippen molar-refractivity contribution in [3.8, 4) is 5.75 Å². The Morgan fingerprint density at radius 1 is 1.23 bits per heavy atom. The molecule has 0 aromatic carbocycles. The molecule has 9 heteroatoms. The number of carbonyl (C=O) groups is 2. The highest BCUT2D eigenvalue weighted by atomic mass is 16.5. The third-order valence-corrected chi connectivity index (χ3v) is 5.44. The molecule has 30 heavy (non-hydrogen) atoms. The van der Waals surface area contributed by atoms with E-state index in [0.29, 0.717) is 30.1 Å². The first-order valence-corrected chi connectivity index (χ1v) is 10.2. The summed E-state index contributed by atoms with van der Waals surface area (Å²) < 4.78 is 5.71. The summed E-state index contributed by atoms with van der Waals surface area (Å²) in [6.45, 7) is 6.13. The van der Waals surface area contributed by atoms with Crippen LogP contribution in [0.1, 0.15) is 29.5 Å². The number of hydrogen-bond donors (Lipinski definition) is 2. The van der Waals surface area contributed by atoms with Crippen molar-refractivity contribution in [2.75, 3.05) is 43.4 Å². The minimum atomic E-state index is -0.446. The minimum absolute atomic E-state index is 0.105. The second-order valence-electron chi connectivity index (χ2n) is 7.42. The van der Waals surface area contributed by atoms with E-state index in [2.05, 4.69) is 30.4 Å². The van der Waals surface area contributed by atoms with Gasteiger partial charge in [0, 0.05) is 39.8 Å². The number of aromatic nitrogens is 2. The number of hydrogen-bond acceptors (Lipinski definition) is 7. The molecule has 1 fully saturated rings. The van der Waals surface area contributed by atoms with Gasteiger partial charge in [0.2, 0.25) is 0 Å². The third kappa shape index (κ3) is 4.20. The van der Waals surface area contributed by atoms with E-state index in [1.165, 1.54) is 0 Å². The first kappa shape index (κ1) is 20.1. The lowest BCUT2D eigenvalue weighted by molar-refractivity contribution is -0.123. The molecule has 0 bridgehead atoms. The molecule has 0 aliphatic carbocycles. The maximum Gasteiger partial charge on any atom is 0.269 e. The molecule has 2 aromatic rings. The zero-order valence-corrected chi connectivity index (χ0v) is 17.2. The van der Waals surface area contributed by atoms with Gasteiger partial charge in [-0.05, 0) is 24.6 Å². The van der Waals surface area contributed by atoms with Gasteiger partial charge in [-0.25, -0.2) is 4.98 Å². The summed E-state index contributed by atoms with van der Waals surface area (Å²) >= 11 is 0. The van der Waals surface area contributed by atoms with Gasteiger partial charge < -0.3 is 20.3 Å². The number of piperazine rings is 1. The molecule has 2 amide bonds. The second kappa shape index (κ2) is 8.66. The van der Waals surface area contributed by atoms with E-state index in [1.807, 2.05) is 19.1 Å². The molecule has 1 unspecified atom stereocenters. The lowest BCUT2D eigenvalue weighted by Gasteiger charge is -2.36. The van der Waals surface area contributed by atoms with E-state index in [1.54, 1.807) is 25.5 Å². The molecule has 2 N–H and O–H groups in total. The highest BCUT2D eigenvalue weighted by Crippen LogP contribution is 2.30. The summed E-state index contributed by atoms with van der Waals surface area (Å²) in [5, 5.41) is 5.49. The number of nitrogens with zero attached hydrogens (tertiary/aromatic N) is 4. The van der Waals surface area contributed by atoms with Crippen molar-refractivity contribution >= 4 is 23.2 Å². The van der Waals surface area contributed by atoms with Crippen LogP contribution < -0.4 is 20.3 Å². The molecule has 2 aliphatic rings. The van der Waals surface area contributed by atoms with Gasteiger partial charge in [-0.3, -0.25) is 19.5 Å². The molecule has 4 rings (SSSR count). The van der Waals surface area contributed by atoms with Crippen LogP contribution in [0.3, 0.4) is 0 Å². The summed E-state index contributed by atoms with van der Waals surface area (Å²) in [4.78, 5) is 37.0. The van der Waals surface area contributed by atoms with E-state index in [0.717, 1.165) is 37.6 Å². The van der Waals surface area contributed by atoms with Gasteiger partial charge in [0.05, 0.1) is 29.5 Å². The van der Waals surface area contributed by atoms with Crippen LogP contribution in [0.25, 0.3) is 0 Å². The molecule has 9 nitrogen and oxygen atoms in total. The van der Waals surface area contributed by atoms with E-state index in [4.69, 9.17) is 4.74 Å². The van der Waals surface area contributed by atoms with Crippen LogP contribution in [0, 0.1) is 0 Å². The number of nitrogens with one attached hydrogen (secondary N) is 2. The Morgan fingerprint density at radius 3 is 2.70 bits per heavy atom. The van der Waals surface area contributed by atoms with Crippen LogP contribution in [0.15, 0.2) is 30.6 Å². The smallest absolute Gasteiger partial charge is 0.269 e. The molecule has 4 heterocycles. The fourth-order valence-corrected chi connectivity index (χ4v) is 3.68. The summed E-state index contributed by atoms with van der Waals surface area (Å²) in [5.41, 5.74) is 3.02. The van der Waals surface area contributed by atoms with Crippen molar-refractivity contribution in [2.24, 2.45) is 0 Å². The topological polar surface area (TPSA) is 99.7 Å². The van der Waals surface area contributed by atoms with Gasteiger partial charge in [-0.1, -0.05) is 6.92 Å². The monoisotopic (exact) mass is 410 g/mol. The van der Waals surface area contributed by atoms with Crippen molar-refractivity contribution in [2.45, 2.75) is 26.0 Å². The Labute approximate surface area is 175 Å². The fraction of sp³-hybridized carbons (Fsp3) is 0.429. The van der Waals surface area contributed by atoms with Crippen molar-refractivity contribution in [3.05, 3.63) is 42.0 Å². The molecule has 0 spiro atoms. The van der Waals surface area contributed by atoms with Crippen LogP contribution in [-0.4, -0.2) is 66.0 Å². The average molecular weight is 410 g/mol. The Morgan fingerprint density at radius 2 is 2.03 bits per heavy atom. The van der Waals surface area contributed by atoms with Gasteiger partial charge in [0.15, 0.2) is 11.9 Å². The summed E-state index contributed by atoms with van der Waals surface area (Å²) in [6, 6.07) is 5.58. The molecular formula is C21H26N6O3. The lowest BCUT2D eigenvalue weighted by Crippen LogP contribution is -2.46. The van der Waals surface area contributed by atoms with Crippen molar-refractivity contribution in [1.29, 1.82) is 0 Å². The zero-order valence-electron chi connectivity index (χ0n) is 17.2. The Kier molecular flexibility index (Phi) is 5.80. The maximum absolute atomic E-state index is 12.0. The molecule has 2 aliphatic heterocycles. The van der Waals surface area contributed by atoms with E-state index < -0.39 is 6.10 Å². The predicted molar refractivity (Wildman–Crippen MR) is 113 cm³/mol. The summed E-state index contributed by atoms with van der Waals surface area (Å²) in [5.74, 6) is 0.338. The number of amides is 2. The standard InChI is InChI=1S/C21H26N6O3/c1-3-18-21(29)25-17-10-14(23-12-19(17)30-18)13-26-6-8-27(9-7-26)15-4-5-16(24-11-15)20(28)22-2/h4-5,10-12,18H,3,6-9,13H2,1-2H3,(H,22,28)(H,25,29). The highest BCUT2D eigenvalue weighted by Gasteiger charge is 2.27. The van der Waals surface area contributed by atoms with E-state index in [-0.39, 0.29) is 11.8 Å². The Hall–Kier alpha value is -3.20. The summed E-state index contributed by atoms with van der Waals surface area (Å²) in [6.07, 6.45) is 3.62. The van der Waals surface area contributed by atoms with Crippen LogP contribution in [0.2, 0.25) is 0 Å². The quantitative estimate of drug-likeness (QED) is 0.766. The lowest BCUT2D eigenvalue weighted by atomic mass is 10.2. The predicted octanol–water partition coefficient (Wildman–Crippen LogP) is 1.27. The molecule has 1 saturated heterocycles. The number of carbonyl (C=O) groups excluding carboxylic acids is 2. The zero-order chi connectivity index (χ0) is 21.1. The van der Waals surface area contributed by atoms with Crippen LogP contribution in [0.4, 0.5) is 11.4 Å². The number of ether oxygens (including phenoxy) is 1. The van der Waals surface area contributed by atoms with E-state index in [9.17, 15) is 9.59 Å². The molecule has 1 atom stereocenters. The average Bonchev–Trinajstić information content (AvgIpc) is 2.78. The Bertz CT molecular complexity index is 925. The fourth-order valence-electron chi connectivity index (χ4n) is 3.68. The van der Waals surface area contributed by atoms with Gasteiger partial charge in [-0.15, -0.1) is 0 Å². The first-order valence-electron chi connectivity index (χ1n) is 10.2. The summed E-state index contributed by atoms with van der Waals surface area (Å²) in [7, 11) is 1.59. The van der Waals surface area contributed by atoms with Crippen molar-refractivity contribution < 1.29 is 14.3 Å². The number of anilines is 2. The normalized spacial score (nSPS) is 18.9. The number of rotatable bonds is 5. The third-order valence-electron chi connectivity index (χ3n) is 5.44. The van der Waals surface area contributed by atoms with Crippen molar-refractivity contribution in [1.82, 2.24) is 20.2 Å². The van der Waals surface area contributed by atoms with Gasteiger partial charge in [0.1, 0.15) is 5.69 Å². The highest BCUT2D eigenvalue weighted by molar-refractivity contribution is 5.97. The van der Waals surface area contributed by atoms with E-state index >= 15 is 0 Å². The maximum atomic E-state index is 12.0. The molecule has 0 saturated carbocycles. The second-order valence-corrected chi connectivity index (χ2v) is 7.42. The Balaban J connectivity index is 1.34. The molecular weight excluding hydrogens is 384 g/mol. The van der Waals surface area contributed by atoms with Crippen molar-refractivity contribution in [3.63, 3.8) is 0 Å². The minimum Gasteiger partial charge on any atom is -0.477 e.